The standard InChI is InChI=1S/C15H16FNO3S/c1-10-11(2)15(21(17,18)19)8-7-14(10)20-9-12-5-3-4-6-13(12)16/h3-8H,9H2,1-2H3,(H2,17,18,19). The minimum atomic E-state index is -3.76. The maximum atomic E-state index is 13.5. The molecule has 0 saturated carbocycles. The first-order valence-electron chi connectivity index (χ1n) is 6.30. The van der Waals surface area contributed by atoms with Gasteiger partial charge in [-0.1, -0.05) is 18.2 Å². The van der Waals surface area contributed by atoms with Crippen molar-refractivity contribution in [1.29, 1.82) is 0 Å². The molecule has 0 aliphatic heterocycles. The van der Waals surface area contributed by atoms with Gasteiger partial charge >= 0.3 is 0 Å². The molecule has 4 nitrogen and oxygen atoms in total. The van der Waals surface area contributed by atoms with E-state index < -0.39 is 10.0 Å². The second-order valence-corrected chi connectivity index (χ2v) is 6.27. The number of hydrogen-bond acceptors (Lipinski definition) is 3. The number of nitrogens with two attached hydrogens (primary N) is 1. The van der Waals surface area contributed by atoms with Crippen molar-refractivity contribution in [3.8, 4) is 5.75 Å². The van der Waals surface area contributed by atoms with Crippen molar-refractivity contribution in [1.82, 2.24) is 0 Å². The molecular formula is C15H16FNO3S. The van der Waals surface area contributed by atoms with Gasteiger partial charge in [-0.3, -0.25) is 0 Å². The topological polar surface area (TPSA) is 69.4 Å². The highest BCUT2D eigenvalue weighted by atomic mass is 32.2. The predicted octanol–water partition coefficient (Wildman–Crippen LogP) is 2.67. The summed E-state index contributed by atoms with van der Waals surface area (Å²) in [6.45, 7) is 3.47. The summed E-state index contributed by atoms with van der Waals surface area (Å²) in [5, 5.41) is 5.14. The number of sulfonamides is 1. The normalized spacial score (nSPS) is 11.4. The smallest absolute Gasteiger partial charge is 0.238 e. The molecule has 0 spiro atoms. The van der Waals surface area contributed by atoms with Crippen LogP contribution in [0.5, 0.6) is 5.75 Å². The SMILES string of the molecule is Cc1c(OCc2ccccc2F)ccc(S(N)(=O)=O)c1C. The van der Waals surface area contributed by atoms with Gasteiger partial charge in [0, 0.05) is 5.56 Å². The molecular weight excluding hydrogens is 293 g/mol. The zero-order valence-electron chi connectivity index (χ0n) is 11.8. The molecule has 2 aromatic rings. The Morgan fingerprint density at radius 1 is 1.10 bits per heavy atom. The third-order valence-electron chi connectivity index (χ3n) is 3.34. The van der Waals surface area contributed by atoms with Gasteiger partial charge in [-0.05, 0) is 43.2 Å². The first-order chi connectivity index (χ1) is 9.80. The Bertz CT molecular complexity index is 772. The quantitative estimate of drug-likeness (QED) is 0.944. The zero-order chi connectivity index (χ0) is 15.6. The third kappa shape index (κ3) is 3.40. The van der Waals surface area contributed by atoms with Gasteiger partial charge in [-0.25, -0.2) is 17.9 Å². The number of primary sulfonamides is 1. The van der Waals surface area contributed by atoms with Gasteiger partial charge in [0.15, 0.2) is 0 Å². The van der Waals surface area contributed by atoms with E-state index in [0.29, 0.717) is 22.4 Å². The lowest BCUT2D eigenvalue weighted by Gasteiger charge is -2.13. The van der Waals surface area contributed by atoms with Crippen LogP contribution in [0.2, 0.25) is 0 Å². The van der Waals surface area contributed by atoms with Gasteiger partial charge in [0.25, 0.3) is 0 Å². The molecule has 0 aliphatic rings. The predicted molar refractivity (Wildman–Crippen MR) is 78.0 cm³/mol. The lowest BCUT2D eigenvalue weighted by Crippen LogP contribution is -2.14. The van der Waals surface area contributed by atoms with Crippen LogP contribution in [0.3, 0.4) is 0 Å². The van der Waals surface area contributed by atoms with Crippen LogP contribution in [0.15, 0.2) is 41.3 Å². The van der Waals surface area contributed by atoms with Crippen LogP contribution >= 0.6 is 0 Å². The largest absolute Gasteiger partial charge is 0.489 e. The van der Waals surface area contributed by atoms with Crippen LogP contribution in [-0.4, -0.2) is 8.42 Å². The Balaban J connectivity index is 2.27. The molecule has 0 bridgehead atoms. The van der Waals surface area contributed by atoms with Gasteiger partial charge in [-0.15, -0.1) is 0 Å². The van der Waals surface area contributed by atoms with Crippen LogP contribution in [0.1, 0.15) is 16.7 Å². The molecule has 0 radical (unpaired) electrons. The number of rotatable bonds is 4. The Morgan fingerprint density at radius 2 is 1.76 bits per heavy atom. The fraction of sp³-hybridized carbons (Fsp3) is 0.200. The van der Waals surface area contributed by atoms with E-state index in [1.807, 2.05) is 0 Å². The minimum Gasteiger partial charge on any atom is -0.489 e. The fourth-order valence-corrected chi connectivity index (χ4v) is 2.84. The third-order valence-corrected chi connectivity index (χ3v) is 4.39. The molecule has 112 valence electrons. The van der Waals surface area contributed by atoms with E-state index in [-0.39, 0.29) is 17.3 Å². The van der Waals surface area contributed by atoms with Crippen molar-refractivity contribution in [3.63, 3.8) is 0 Å². The van der Waals surface area contributed by atoms with Crippen molar-refractivity contribution in [2.24, 2.45) is 5.14 Å². The van der Waals surface area contributed by atoms with Crippen molar-refractivity contribution in [3.05, 3.63) is 58.9 Å². The summed E-state index contributed by atoms with van der Waals surface area (Å²) < 4.78 is 42.0. The highest BCUT2D eigenvalue weighted by Crippen LogP contribution is 2.27. The van der Waals surface area contributed by atoms with Gasteiger partial charge < -0.3 is 4.74 Å². The summed E-state index contributed by atoms with van der Waals surface area (Å²) in [6, 6.07) is 9.26. The van der Waals surface area contributed by atoms with Crippen LogP contribution < -0.4 is 9.88 Å². The van der Waals surface area contributed by atoms with Crippen LogP contribution in [0.4, 0.5) is 4.39 Å². The molecule has 0 fully saturated rings. The summed E-state index contributed by atoms with van der Waals surface area (Å²) in [5.41, 5.74) is 1.63. The Kier molecular flexibility index (Phi) is 4.29. The lowest BCUT2D eigenvalue weighted by molar-refractivity contribution is 0.297. The average molecular weight is 309 g/mol. The van der Waals surface area contributed by atoms with E-state index in [1.165, 1.54) is 18.2 Å². The Labute approximate surface area is 123 Å². The van der Waals surface area contributed by atoms with E-state index in [4.69, 9.17) is 9.88 Å². The molecule has 2 aromatic carbocycles. The first kappa shape index (κ1) is 15.5. The zero-order valence-corrected chi connectivity index (χ0v) is 12.6. The highest BCUT2D eigenvalue weighted by molar-refractivity contribution is 7.89. The molecule has 0 aliphatic carbocycles. The van der Waals surface area contributed by atoms with E-state index in [1.54, 1.807) is 32.0 Å². The maximum Gasteiger partial charge on any atom is 0.238 e. The van der Waals surface area contributed by atoms with Gasteiger partial charge in [0.1, 0.15) is 18.2 Å². The molecule has 2 N–H and O–H groups in total. The summed E-state index contributed by atoms with van der Waals surface area (Å²) in [5.74, 6) is 0.163. The maximum absolute atomic E-state index is 13.5. The van der Waals surface area contributed by atoms with Crippen molar-refractivity contribution in [2.45, 2.75) is 25.3 Å². The second kappa shape index (κ2) is 5.83. The molecule has 6 heteroatoms. The van der Waals surface area contributed by atoms with E-state index in [2.05, 4.69) is 0 Å². The molecule has 0 atom stereocenters. The van der Waals surface area contributed by atoms with Crippen LogP contribution in [0, 0.1) is 19.7 Å². The lowest BCUT2D eigenvalue weighted by atomic mass is 10.1. The fourth-order valence-electron chi connectivity index (χ4n) is 2.01. The van der Waals surface area contributed by atoms with Crippen LogP contribution in [0.25, 0.3) is 0 Å². The summed E-state index contributed by atoms with van der Waals surface area (Å²) >= 11 is 0. The second-order valence-electron chi connectivity index (χ2n) is 4.74. The monoisotopic (exact) mass is 309 g/mol. The van der Waals surface area contributed by atoms with E-state index >= 15 is 0 Å². The number of benzene rings is 2. The molecule has 2 rings (SSSR count). The number of ether oxygens (including phenoxy) is 1. The first-order valence-corrected chi connectivity index (χ1v) is 7.84. The average Bonchev–Trinajstić information content (AvgIpc) is 2.40. The van der Waals surface area contributed by atoms with Crippen molar-refractivity contribution in [2.75, 3.05) is 0 Å². The van der Waals surface area contributed by atoms with Gasteiger partial charge in [0.2, 0.25) is 10.0 Å². The van der Waals surface area contributed by atoms with Gasteiger partial charge in [-0.2, -0.15) is 0 Å². The number of halogens is 1. The molecule has 21 heavy (non-hydrogen) atoms. The molecule has 0 heterocycles. The Hall–Kier alpha value is -1.92. The molecule has 0 aromatic heterocycles. The molecule has 0 amide bonds. The highest BCUT2D eigenvalue weighted by Gasteiger charge is 2.15. The number of hydrogen-bond donors (Lipinski definition) is 1. The Morgan fingerprint density at radius 3 is 2.38 bits per heavy atom. The summed E-state index contributed by atoms with van der Waals surface area (Å²) in [7, 11) is -3.76. The van der Waals surface area contributed by atoms with Crippen LogP contribution in [-0.2, 0) is 16.6 Å². The minimum absolute atomic E-state index is 0.0678. The summed E-state index contributed by atoms with van der Waals surface area (Å²) in [6.07, 6.45) is 0. The van der Waals surface area contributed by atoms with Crippen molar-refractivity contribution >= 4 is 10.0 Å². The summed E-state index contributed by atoms with van der Waals surface area (Å²) in [4.78, 5) is 0.0678. The molecule has 0 unspecified atom stereocenters. The van der Waals surface area contributed by atoms with E-state index in [9.17, 15) is 12.8 Å². The van der Waals surface area contributed by atoms with E-state index in [0.717, 1.165) is 0 Å². The molecule has 0 saturated heterocycles. The van der Waals surface area contributed by atoms with Crippen molar-refractivity contribution < 1.29 is 17.5 Å². The van der Waals surface area contributed by atoms with Gasteiger partial charge in [0.05, 0.1) is 4.90 Å².